The Kier molecular flexibility index (Phi) is 8.21. The van der Waals surface area contributed by atoms with Crippen molar-refractivity contribution >= 4 is 23.8 Å². The van der Waals surface area contributed by atoms with Gasteiger partial charge in [0.25, 0.3) is 5.91 Å². The first kappa shape index (κ1) is 19.9. The predicted octanol–water partition coefficient (Wildman–Crippen LogP) is 0.647. The maximum absolute atomic E-state index is 11.9. The first-order valence-corrected chi connectivity index (χ1v) is 8.58. The maximum Gasteiger partial charge on any atom is 0.325 e. The molecular formula is C16H28N4O4. The van der Waals surface area contributed by atoms with Crippen molar-refractivity contribution in [2.75, 3.05) is 6.54 Å². The van der Waals surface area contributed by atoms with Crippen molar-refractivity contribution in [3.63, 3.8) is 0 Å². The Morgan fingerprint density at radius 2 is 1.96 bits per heavy atom. The van der Waals surface area contributed by atoms with E-state index in [1.165, 1.54) is 0 Å². The van der Waals surface area contributed by atoms with Gasteiger partial charge in [-0.05, 0) is 26.2 Å². The summed E-state index contributed by atoms with van der Waals surface area (Å²) < 4.78 is 0. The topological polar surface area (TPSA) is 122 Å². The number of hydrogen-bond acceptors (Lipinski definition) is 4. The highest BCUT2D eigenvalue weighted by atomic mass is 16.2. The van der Waals surface area contributed by atoms with E-state index < -0.39 is 29.9 Å². The van der Waals surface area contributed by atoms with E-state index in [1.54, 1.807) is 6.92 Å². The number of amides is 5. The molecule has 4 N–H and O–H groups in total. The zero-order valence-corrected chi connectivity index (χ0v) is 14.5. The summed E-state index contributed by atoms with van der Waals surface area (Å²) in [4.78, 5) is 47.8. The molecule has 0 aliphatic carbocycles. The number of nitrogens with two attached hydrogens (primary N) is 1. The third-order valence-electron chi connectivity index (χ3n) is 4.04. The molecule has 1 aliphatic rings. The van der Waals surface area contributed by atoms with Crippen LogP contribution in [0, 0.1) is 0 Å². The second-order valence-electron chi connectivity index (χ2n) is 6.10. The van der Waals surface area contributed by atoms with Crippen LogP contribution in [0.25, 0.3) is 0 Å². The lowest BCUT2D eigenvalue weighted by Gasteiger charge is -2.22. The Labute approximate surface area is 142 Å². The molecule has 1 rings (SSSR count). The van der Waals surface area contributed by atoms with Crippen LogP contribution in [0.2, 0.25) is 0 Å². The van der Waals surface area contributed by atoms with E-state index in [0.717, 1.165) is 30.6 Å². The van der Waals surface area contributed by atoms with E-state index in [1.807, 2.05) is 0 Å². The molecule has 0 aromatic heterocycles. The van der Waals surface area contributed by atoms with Crippen molar-refractivity contribution in [1.82, 2.24) is 15.5 Å². The van der Waals surface area contributed by atoms with Crippen molar-refractivity contribution in [3.8, 4) is 0 Å². The zero-order valence-electron chi connectivity index (χ0n) is 14.5. The SMILES string of the molecule is CCCCCCC(=O)NCCCC(C(N)=O)N1C(=O)NC(C)C1=O. The molecule has 0 bridgehead atoms. The van der Waals surface area contributed by atoms with Crippen LogP contribution in [-0.2, 0) is 14.4 Å². The van der Waals surface area contributed by atoms with E-state index in [-0.39, 0.29) is 12.3 Å². The van der Waals surface area contributed by atoms with Gasteiger partial charge in [0.05, 0.1) is 0 Å². The molecule has 0 radical (unpaired) electrons. The summed E-state index contributed by atoms with van der Waals surface area (Å²) in [6.07, 6.45) is 5.33. The molecule has 0 saturated carbocycles. The Morgan fingerprint density at radius 1 is 1.25 bits per heavy atom. The summed E-state index contributed by atoms with van der Waals surface area (Å²) in [7, 11) is 0. The molecule has 0 aromatic carbocycles. The molecule has 2 unspecified atom stereocenters. The monoisotopic (exact) mass is 340 g/mol. The van der Waals surface area contributed by atoms with Gasteiger partial charge >= 0.3 is 6.03 Å². The maximum atomic E-state index is 11.9. The second kappa shape index (κ2) is 9.89. The lowest BCUT2D eigenvalue weighted by Crippen LogP contribution is -2.48. The minimum Gasteiger partial charge on any atom is -0.368 e. The van der Waals surface area contributed by atoms with Gasteiger partial charge in [-0.3, -0.25) is 14.4 Å². The molecule has 8 heteroatoms. The molecule has 8 nitrogen and oxygen atoms in total. The summed E-state index contributed by atoms with van der Waals surface area (Å²) >= 11 is 0. The van der Waals surface area contributed by atoms with E-state index in [4.69, 9.17) is 5.73 Å². The van der Waals surface area contributed by atoms with Crippen molar-refractivity contribution in [3.05, 3.63) is 0 Å². The van der Waals surface area contributed by atoms with Crippen LogP contribution in [0.3, 0.4) is 0 Å². The fourth-order valence-corrected chi connectivity index (χ4v) is 2.64. The fraction of sp³-hybridized carbons (Fsp3) is 0.750. The van der Waals surface area contributed by atoms with E-state index >= 15 is 0 Å². The van der Waals surface area contributed by atoms with Crippen LogP contribution in [0.15, 0.2) is 0 Å². The van der Waals surface area contributed by atoms with Crippen LogP contribution >= 0.6 is 0 Å². The second-order valence-corrected chi connectivity index (χ2v) is 6.10. The normalized spacial score (nSPS) is 18.4. The van der Waals surface area contributed by atoms with Crippen LogP contribution in [0.4, 0.5) is 4.79 Å². The van der Waals surface area contributed by atoms with Gasteiger partial charge < -0.3 is 16.4 Å². The molecular weight excluding hydrogens is 312 g/mol. The highest BCUT2D eigenvalue weighted by Gasteiger charge is 2.41. The molecule has 2 atom stereocenters. The number of carbonyl (C=O) groups is 4. The molecule has 24 heavy (non-hydrogen) atoms. The first-order valence-electron chi connectivity index (χ1n) is 8.58. The predicted molar refractivity (Wildman–Crippen MR) is 88.8 cm³/mol. The van der Waals surface area contributed by atoms with Gasteiger partial charge in [0.1, 0.15) is 12.1 Å². The molecule has 0 aromatic rings. The third-order valence-corrected chi connectivity index (χ3v) is 4.04. The number of urea groups is 1. The molecule has 1 heterocycles. The summed E-state index contributed by atoms with van der Waals surface area (Å²) in [5.74, 6) is -1.20. The summed E-state index contributed by atoms with van der Waals surface area (Å²) in [5.41, 5.74) is 5.32. The summed E-state index contributed by atoms with van der Waals surface area (Å²) in [6, 6.07) is -2.23. The number of primary amides is 1. The fourth-order valence-electron chi connectivity index (χ4n) is 2.64. The largest absolute Gasteiger partial charge is 0.368 e. The molecule has 0 spiro atoms. The van der Waals surface area contributed by atoms with Gasteiger partial charge in [-0.15, -0.1) is 0 Å². The number of carbonyl (C=O) groups excluding carboxylic acids is 4. The van der Waals surface area contributed by atoms with E-state index in [0.29, 0.717) is 19.4 Å². The molecule has 1 fully saturated rings. The minimum absolute atomic E-state index is 0.0228. The van der Waals surface area contributed by atoms with Gasteiger partial charge in [-0.1, -0.05) is 26.2 Å². The lowest BCUT2D eigenvalue weighted by atomic mass is 10.1. The Hall–Kier alpha value is -2.12. The summed E-state index contributed by atoms with van der Waals surface area (Å²) in [6.45, 7) is 4.05. The van der Waals surface area contributed by atoms with Gasteiger partial charge in [0, 0.05) is 13.0 Å². The van der Waals surface area contributed by atoms with E-state index in [2.05, 4.69) is 17.6 Å². The average molecular weight is 340 g/mol. The van der Waals surface area contributed by atoms with Crippen molar-refractivity contribution in [1.29, 1.82) is 0 Å². The third kappa shape index (κ3) is 5.82. The molecule has 1 aliphatic heterocycles. The number of unbranched alkanes of at least 4 members (excludes halogenated alkanes) is 3. The van der Waals surface area contributed by atoms with Gasteiger partial charge in [0.15, 0.2) is 0 Å². The average Bonchev–Trinajstić information content (AvgIpc) is 2.77. The van der Waals surface area contributed by atoms with Crippen molar-refractivity contribution < 1.29 is 19.2 Å². The Balaban J connectivity index is 2.35. The quantitative estimate of drug-likeness (QED) is 0.377. The Morgan fingerprint density at radius 3 is 2.50 bits per heavy atom. The minimum atomic E-state index is -0.982. The summed E-state index contributed by atoms with van der Waals surface area (Å²) in [5, 5.41) is 5.23. The Bertz CT molecular complexity index is 481. The van der Waals surface area contributed by atoms with E-state index in [9.17, 15) is 19.2 Å². The smallest absolute Gasteiger partial charge is 0.325 e. The molecule has 136 valence electrons. The standard InChI is InChI=1S/C16H28N4O4/c1-3-4-5-6-9-13(21)18-10-7-8-12(14(17)22)20-15(23)11(2)19-16(20)24/h11-12H,3-10H2,1-2H3,(H2,17,22)(H,18,21)(H,19,24). The molecule has 1 saturated heterocycles. The van der Waals surface area contributed by atoms with Crippen molar-refractivity contribution in [2.45, 2.75) is 70.9 Å². The first-order chi connectivity index (χ1) is 11.4. The van der Waals surface area contributed by atoms with Crippen molar-refractivity contribution in [2.24, 2.45) is 5.73 Å². The van der Waals surface area contributed by atoms with Crippen LogP contribution in [0.5, 0.6) is 0 Å². The number of nitrogens with zero attached hydrogens (tertiary/aromatic N) is 1. The van der Waals surface area contributed by atoms with Crippen LogP contribution < -0.4 is 16.4 Å². The number of imide groups is 1. The van der Waals surface area contributed by atoms with Crippen LogP contribution in [-0.4, -0.2) is 47.3 Å². The number of nitrogens with one attached hydrogen (secondary N) is 2. The number of hydrogen-bond donors (Lipinski definition) is 3. The van der Waals surface area contributed by atoms with Crippen LogP contribution in [0.1, 0.15) is 58.8 Å². The van der Waals surface area contributed by atoms with Gasteiger partial charge in [0.2, 0.25) is 11.8 Å². The highest BCUT2D eigenvalue weighted by Crippen LogP contribution is 2.14. The van der Waals surface area contributed by atoms with Gasteiger partial charge in [-0.2, -0.15) is 0 Å². The zero-order chi connectivity index (χ0) is 18.1. The lowest BCUT2D eigenvalue weighted by molar-refractivity contribution is -0.134. The molecule has 5 amide bonds. The highest BCUT2D eigenvalue weighted by molar-refractivity contribution is 6.07. The number of rotatable bonds is 11. The van der Waals surface area contributed by atoms with Gasteiger partial charge in [-0.25, -0.2) is 9.69 Å².